The summed E-state index contributed by atoms with van der Waals surface area (Å²) in [5.41, 5.74) is 4.48. The van der Waals surface area contributed by atoms with Crippen LogP contribution in [-0.4, -0.2) is 68.4 Å². The van der Waals surface area contributed by atoms with Crippen molar-refractivity contribution in [1.82, 2.24) is 19.5 Å². The zero-order chi connectivity index (χ0) is 18.4. The van der Waals surface area contributed by atoms with E-state index in [0.29, 0.717) is 0 Å². The number of aliphatic hydroxyl groups is 3. The Bertz CT molecular complexity index is 816. The lowest BCUT2D eigenvalue weighted by Crippen LogP contribution is -2.37. The van der Waals surface area contributed by atoms with E-state index in [2.05, 4.69) is 18.9 Å². The number of aromatic nitrogens is 4. The summed E-state index contributed by atoms with van der Waals surface area (Å²) in [7, 11) is -4.84. The molecule has 1 aliphatic heterocycles. The summed E-state index contributed by atoms with van der Waals surface area (Å²) in [5.74, 6) is 0.110. The van der Waals surface area contributed by atoms with Crippen LogP contribution >= 0.6 is 19.9 Å². The zero-order valence-electron chi connectivity index (χ0n) is 12.2. The Kier molecular flexibility index (Phi) is 4.98. The highest BCUT2D eigenvalue weighted by Gasteiger charge is 2.48. The number of fused-ring (bicyclic) bond motifs is 1. The van der Waals surface area contributed by atoms with Crippen molar-refractivity contribution in [2.45, 2.75) is 30.0 Å². The van der Waals surface area contributed by atoms with Gasteiger partial charge < -0.3 is 35.6 Å². The second-order valence-electron chi connectivity index (χ2n) is 5.11. The highest BCUT2D eigenvalue weighted by molar-refractivity contribution is 7.98. The van der Waals surface area contributed by atoms with Gasteiger partial charge in [0, 0.05) is 12.0 Å². The van der Waals surface area contributed by atoms with E-state index in [1.807, 2.05) is 0 Å². The number of nitrogens with two attached hydrogens (primary N) is 1. The van der Waals surface area contributed by atoms with E-state index in [1.54, 1.807) is 0 Å². The number of hydrogen-bond donors (Lipinski definition) is 6. The van der Waals surface area contributed by atoms with Crippen molar-refractivity contribution in [2.24, 2.45) is 0 Å². The van der Waals surface area contributed by atoms with Gasteiger partial charge in [0.05, 0.1) is 6.33 Å². The summed E-state index contributed by atoms with van der Waals surface area (Å²) in [4.78, 5) is 29.0. The molecule has 5 atom stereocenters. The van der Waals surface area contributed by atoms with Gasteiger partial charge in [0.15, 0.2) is 23.1 Å². The molecule has 3 rings (SSSR count). The van der Waals surface area contributed by atoms with Crippen molar-refractivity contribution in [2.75, 3.05) is 5.73 Å². The Balaban J connectivity index is 1.82. The van der Waals surface area contributed by atoms with Crippen LogP contribution in [0.5, 0.6) is 0 Å². The van der Waals surface area contributed by atoms with Crippen LogP contribution in [-0.2, 0) is 13.3 Å². The molecule has 1 saturated heterocycles. The van der Waals surface area contributed by atoms with Gasteiger partial charge in [-0.15, -0.1) is 0 Å². The standard InChI is InChI=1S/C10H14N5O8PS/c11-7-3-8(13-1-12-7)15(2-14-3)9-5(17)4(16)6(22-9)10(18)25-23-24(19,20)21/h1-2,4-6,9-10,16-18H,(H2,11,12,13)(H2,19,20,21)/t4-,5+,6-,9+,10?/m0/s1. The van der Waals surface area contributed by atoms with Crippen LogP contribution in [0.1, 0.15) is 6.23 Å². The highest BCUT2D eigenvalue weighted by atomic mass is 32.2. The van der Waals surface area contributed by atoms with Crippen molar-refractivity contribution < 1.29 is 38.4 Å². The largest absolute Gasteiger partial charge is 0.480 e. The van der Waals surface area contributed by atoms with E-state index in [0.717, 1.165) is 0 Å². The molecule has 3 heterocycles. The van der Waals surface area contributed by atoms with Crippen LogP contribution in [0.3, 0.4) is 0 Å². The third kappa shape index (κ3) is 3.62. The van der Waals surface area contributed by atoms with Gasteiger partial charge >= 0.3 is 7.82 Å². The van der Waals surface area contributed by atoms with Crippen LogP contribution in [0.25, 0.3) is 11.2 Å². The summed E-state index contributed by atoms with van der Waals surface area (Å²) in [6.07, 6.45) is -3.17. The molecule has 1 aliphatic rings. The summed E-state index contributed by atoms with van der Waals surface area (Å²) in [6.45, 7) is 0. The van der Waals surface area contributed by atoms with Gasteiger partial charge in [-0.05, 0) is 0 Å². The zero-order valence-corrected chi connectivity index (χ0v) is 13.9. The van der Waals surface area contributed by atoms with Crippen LogP contribution in [0.2, 0.25) is 0 Å². The van der Waals surface area contributed by atoms with Crippen molar-refractivity contribution in [3.05, 3.63) is 12.7 Å². The Morgan fingerprint density at radius 2 is 2.04 bits per heavy atom. The predicted octanol–water partition coefficient (Wildman–Crippen LogP) is -1.90. The normalized spacial score (nSPS) is 28.5. The van der Waals surface area contributed by atoms with Gasteiger partial charge in [-0.3, -0.25) is 4.57 Å². The SMILES string of the molecule is Nc1ncnc2c1ncn2[C@@H]1O[C@H](C(O)SOP(=O)(O)O)[C@@H](O)[C@H]1O. The molecule has 2 aromatic rings. The molecule has 13 nitrogen and oxygen atoms in total. The average Bonchev–Trinajstić information content (AvgIpc) is 3.08. The third-order valence-electron chi connectivity index (χ3n) is 3.46. The number of imidazole rings is 1. The molecule has 2 aromatic heterocycles. The maximum absolute atomic E-state index is 10.7. The first-order valence-electron chi connectivity index (χ1n) is 6.72. The molecule has 0 aliphatic carbocycles. The number of aliphatic hydroxyl groups excluding tert-OH is 3. The molecule has 0 radical (unpaired) electrons. The molecule has 0 amide bonds. The van der Waals surface area contributed by atoms with Crippen molar-refractivity contribution in [3.63, 3.8) is 0 Å². The first kappa shape index (κ1) is 18.4. The fourth-order valence-corrected chi connectivity index (χ4v) is 3.50. The Morgan fingerprint density at radius 3 is 2.72 bits per heavy atom. The number of nitrogens with zero attached hydrogens (tertiary/aromatic N) is 4. The molecule has 7 N–H and O–H groups in total. The first-order chi connectivity index (χ1) is 11.7. The van der Waals surface area contributed by atoms with Crippen LogP contribution < -0.4 is 5.73 Å². The number of nitrogen functional groups attached to an aromatic ring is 1. The number of rotatable bonds is 5. The molecule has 0 bridgehead atoms. The molecular formula is C10H14N5O8PS. The lowest BCUT2D eigenvalue weighted by molar-refractivity contribution is -0.0603. The molecule has 0 aromatic carbocycles. The first-order valence-corrected chi connectivity index (χ1v) is 9.06. The summed E-state index contributed by atoms with van der Waals surface area (Å²) >= 11 is 0.0176. The molecule has 1 fully saturated rings. The van der Waals surface area contributed by atoms with E-state index >= 15 is 0 Å². The second-order valence-corrected chi connectivity index (χ2v) is 7.36. The molecule has 0 spiro atoms. The lowest BCUT2D eigenvalue weighted by Gasteiger charge is -2.19. The van der Waals surface area contributed by atoms with Gasteiger partial charge in [-0.1, -0.05) is 0 Å². The monoisotopic (exact) mass is 395 g/mol. The van der Waals surface area contributed by atoms with E-state index in [4.69, 9.17) is 20.3 Å². The van der Waals surface area contributed by atoms with E-state index in [-0.39, 0.29) is 29.0 Å². The van der Waals surface area contributed by atoms with Gasteiger partial charge in [0.2, 0.25) is 0 Å². The number of anilines is 1. The van der Waals surface area contributed by atoms with Crippen molar-refractivity contribution >= 4 is 36.8 Å². The van der Waals surface area contributed by atoms with Crippen LogP contribution in [0, 0.1) is 0 Å². The number of phosphoric acid groups is 1. The lowest BCUT2D eigenvalue weighted by atomic mass is 10.1. The van der Waals surface area contributed by atoms with E-state index < -0.39 is 37.8 Å². The van der Waals surface area contributed by atoms with Gasteiger partial charge in [0.25, 0.3) is 0 Å². The molecular weight excluding hydrogens is 381 g/mol. The maximum Gasteiger partial charge on any atom is 0.480 e. The Hall–Kier alpha value is -1.35. The highest BCUT2D eigenvalue weighted by Crippen LogP contribution is 2.44. The van der Waals surface area contributed by atoms with Crippen molar-refractivity contribution in [3.8, 4) is 0 Å². The minimum Gasteiger partial charge on any atom is -0.387 e. The topological polar surface area (TPSA) is 206 Å². The Morgan fingerprint density at radius 1 is 1.32 bits per heavy atom. The van der Waals surface area contributed by atoms with Gasteiger partial charge in [-0.25, -0.2) is 23.5 Å². The molecule has 1 unspecified atom stereocenters. The fraction of sp³-hybridized carbons (Fsp3) is 0.500. The third-order valence-corrected chi connectivity index (χ3v) is 5.04. The van der Waals surface area contributed by atoms with Gasteiger partial charge in [-0.2, -0.15) is 0 Å². The molecule has 138 valence electrons. The molecule has 25 heavy (non-hydrogen) atoms. The second kappa shape index (κ2) is 6.75. The number of ether oxygens (including phenoxy) is 1. The summed E-state index contributed by atoms with van der Waals surface area (Å²) in [6, 6.07) is 0. The van der Waals surface area contributed by atoms with Crippen LogP contribution in [0.4, 0.5) is 5.82 Å². The minimum atomic E-state index is -4.84. The fourth-order valence-electron chi connectivity index (χ4n) is 2.36. The van der Waals surface area contributed by atoms with Crippen molar-refractivity contribution in [1.29, 1.82) is 0 Å². The van der Waals surface area contributed by atoms with Crippen LogP contribution in [0.15, 0.2) is 12.7 Å². The summed E-state index contributed by atoms with van der Waals surface area (Å²) in [5, 5.41) is 30.2. The smallest absolute Gasteiger partial charge is 0.387 e. The van der Waals surface area contributed by atoms with Gasteiger partial charge in [0.1, 0.15) is 30.2 Å². The Labute approximate surface area is 143 Å². The number of hydrogen-bond acceptors (Lipinski definition) is 11. The van der Waals surface area contributed by atoms with E-state index in [9.17, 15) is 19.9 Å². The molecule has 0 saturated carbocycles. The predicted molar refractivity (Wildman–Crippen MR) is 82.4 cm³/mol. The molecule has 15 heteroatoms. The summed E-state index contributed by atoms with van der Waals surface area (Å²) < 4.78 is 21.5. The minimum absolute atomic E-state index is 0.0176. The maximum atomic E-state index is 10.7. The van der Waals surface area contributed by atoms with E-state index in [1.165, 1.54) is 17.2 Å². The average molecular weight is 395 g/mol. The quantitative estimate of drug-likeness (QED) is 0.186.